The van der Waals surface area contributed by atoms with Gasteiger partial charge in [0.15, 0.2) is 11.6 Å². The van der Waals surface area contributed by atoms with Gasteiger partial charge in [-0.2, -0.15) is 0 Å². The molecule has 8 heteroatoms. The van der Waals surface area contributed by atoms with Crippen LogP contribution in [0, 0.1) is 22.5 Å². The number of nitrogens with zero attached hydrogens (tertiary/aromatic N) is 2. The average Bonchev–Trinajstić information content (AvgIpc) is 3.00. The van der Waals surface area contributed by atoms with Crippen LogP contribution in [0.1, 0.15) is 63.6 Å². The molecule has 0 unspecified atom stereocenters. The molecular formula is C24H32F2N4O2. The summed E-state index contributed by atoms with van der Waals surface area (Å²) in [6.07, 6.45) is 2.33. The average molecular weight is 447 g/mol. The highest BCUT2D eigenvalue weighted by atomic mass is 19.2. The number of amides is 2. The van der Waals surface area contributed by atoms with Crippen molar-refractivity contribution in [2.24, 2.45) is 10.8 Å². The molecule has 0 saturated heterocycles. The molecule has 1 aromatic carbocycles. The van der Waals surface area contributed by atoms with Crippen molar-refractivity contribution >= 4 is 11.8 Å². The van der Waals surface area contributed by atoms with Crippen LogP contribution < -0.4 is 10.6 Å². The second-order valence-electron chi connectivity index (χ2n) is 10.3. The fourth-order valence-electron chi connectivity index (χ4n) is 4.03. The maximum atomic E-state index is 14.0. The van der Waals surface area contributed by atoms with Crippen LogP contribution in [-0.4, -0.2) is 34.5 Å². The van der Waals surface area contributed by atoms with E-state index in [1.165, 1.54) is 13.1 Å². The molecule has 6 nitrogen and oxygen atoms in total. The van der Waals surface area contributed by atoms with Gasteiger partial charge in [0.1, 0.15) is 17.6 Å². The van der Waals surface area contributed by atoms with Gasteiger partial charge < -0.3 is 15.2 Å². The van der Waals surface area contributed by atoms with Crippen molar-refractivity contribution in [1.29, 1.82) is 0 Å². The Balaban J connectivity index is 2.08. The first-order valence-corrected chi connectivity index (χ1v) is 10.9. The fourth-order valence-corrected chi connectivity index (χ4v) is 4.03. The lowest BCUT2D eigenvalue weighted by Crippen LogP contribution is -2.53. The molecule has 2 N–H and O–H groups in total. The van der Waals surface area contributed by atoms with Gasteiger partial charge in [0.2, 0.25) is 5.91 Å². The molecule has 1 aromatic heterocycles. The molecule has 32 heavy (non-hydrogen) atoms. The third-order valence-corrected chi connectivity index (χ3v) is 6.17. The lowest BCUT2D eigenvalue weighted by Gasteiger charge is -2.29. The Morgan fingerprint density at radius 1 is 1.16 bits per heavy atom. The first-order chi connectivity index (χ1) is 14.8. The van der Waals surface area contributed by atoms with Crippen LogP contribution in [0.25, 0.3) is 11.4 Å². The molecule has 0 aliphatic carbocycles. The van der Waals surface area contributed by atoms with E-state index in [1.54, 1.807) is 0 Å². The van der Waals surface area contributed by atoms with Gasteiger partial charge in [0.05, 0.1) is 5.69 Å². The number of halogens is 2. The minimum atomic E-state index is -0.966. The van der Waals surface area contributed by atoms with Crippen LogP contribution in [0.4, 0.5) is 8.78 Å². The molecule has 0 saturated carbocycles. The summed E-state index contributed by atoms with van der Waals surface area (Å²) in [5.74, 6) is -2.22. The summed E-state index contributed by atoms with van der Waals surface area (Å²) in [6.45, 7) is 10.6. The van der Waals surface area contributed by atoms with E-state index in [4.69, 9.17) is 0 Å². The minimum absolute atomic E-state index is 0.0636. The Morgan fingerprint density at radius 3 is 2.44 bits per heavy atom. The summed E-state index contributed by atoms with van der Waals surface area (Å²) in [5.41, 5.74) is 0.923. The van der Waals surface area contributed by atoms with Crippen molar-refractivity contribution in [3.05, 3.63) is 41.2 Å². The zero-order chi connectivity index (χ0) is 23.8. The zero-order valence-corrected chi connectivity index (χ0v) is 19.6. The highest BCUT2D eigenvalue weighted by Crippen LogP contribution is 2.35. The van der Waals surface area contributed by atoms with Crippen LogP contribution in [-0.2, 0) is 17.8 Å². The molecule has 174 valence electrons. The molecule has 2 amide bonds. The predicted octanol–water partition coefficient (Wildman–Crippen LogP) is 4.08. The minimum Gasteiger partial charge on any atom is -0.357 e. The van der Waals surface area contributed by atoms with Crippen molar-refractivity contribution in [1.82, 2.24) is 20.2 Å². The quantitative estimate of drug-likeness (QED) is 0.743. The number of imidazole rings is 1. The van der Waals surface area contributed by atoms with Gasteiger partial charge >= 0.3 is 0 Å². The maximum Gasteiger partial charge on any atom is 0.272 e. The molecule has 2 aromatic rings. The second-order valence-corrected chi connectivity index (χ2v) is 10.3. The van der Waals surface area contributed by atoms with Gasteiger partial charge in [-0.3, -0.25) is 9.59 Å². The number of rotatable bonds is 4. The Labute approximate surface area is 187 Å². The van der Waals surface area contributed by atoms with E-state index in [9.17, 15) is 18.4 Å². The summed E-state index contributed by atoms with van der Waals surface area (Å²) >= 11 is 0. The third kappa shape index (κ3) is 4.84. The van der Waals surface area contributed by atoms with Crippen LogP contribution in [0.2, 0.25) is 0 Å². The van der Waals surface area contributed by atoms with Crippen LogP contribution >= 0.6 is 0 Å². The normalized spacial score (nSPS) is 16.6. The summed E-state index contributed by atoms with van der Waals surface area (Å²) in [6, 6.07) is 2.87. The number of hydrogen-bond acceptors (Lipinski definition) is 3. The lowest BCUT2D eigenvalue weighted by atomic mass is 9.84. The summed E-state index contributed by atoms with van der Waals surface area (Å²) in [4.78, 5) is 30.3. The number of nitrogens with one attached hydrogen (secondary N) is 2. The molecule has 2 heterocycles. The van der Waals surface area contributed by atoms with E-state index < -0.39 is 29.0 Å². The van der Waals surface area contributed by atoms with Gasteiger partial charge in [0.25, 0.3) is 5.91 Å². The van der Waals surface area contributed by atoms with Crippen LogP contribution in [0.15, 0.2) is 18.2 Å². The highest BCUT2D eigenvalue weighted by Gasteiger charge is 2.35. The molecule has 0 bridgehead atoms. The first-order valence-electron chi connectivity index (χ1n) is 10.9. The molecule has 1 atom stereocenters. The van der Waals surface area contributed by atoms with Gasteiger partial charge in [0, 0.05) is 19.2 Å². The van der Waals surface area contributed by atoms with Crippen LogP contribution in [0.3, 0.4) is 0 Å². The summed E-state index contributed by atoms with van der Waals surface area (Å²) < 4.78 is 29.4. The molecule has 1 aliphatic rings. The van der Waals surface area contributed by atoms with Gasteiger partial charge in [-0.25, -0.2) is 13.8 Å². The SMILES string of the molecule is CNC(=O)[C@@H](NC(=O)c1nc(-c2ccc(F)c(F)c2)n2c1CCC(C)(C)CC2)C(C)(C)C. The number of benzene rings is 1. The second kappa shape index (κ2) is 8.64. The first kappa shape index (κ1) is 23.9. The maximum absolute atomic E-state index is 14.0. The van der Waals surface area contributed by atoms with Gasteiger partial charge in [-0.05, 0) is 48.3 Å². The van der Waals surface area contributed by atoms with Crippen molar-refractivity contribution < 1.29 is 18.4 Å². The van der Waals surface area contributed by atoms with Crippen LogP contribution in [0.5, 0.6) is 0 Å². The van der Waals surface area contributed by atoms with Gasteiger partial charge in [-0.15, -0.1) is 0 Å². The number of fused-ring (bicyclic) bond motifs is 1. The number of aromatic nitrogens is 2. The standard InChI is InChI=1S/C24H32F2N4O2/c1-23(2,3)19(22(32)27-6)29-21(31)18-17-9-10-24(4,5)11-12-30(17)20(28-18)14-7-8-15(25)16(26)13-14/h7-8,13,19H,9-12H2,1-6H3,(H,27,32)(H,29,31)/t19-/m1/s1. The third-order valence-electron chi connectivity index (χ3n) is 6.17. The fraction of sp³-hybridized carbons (Fsp3) is 0.542. The van der Waals surface area contributed by atoms with Crippen molar-refractivity contribution in [3.8, 4) is 11.4 Å². The number of likely N-dealkylation sites (N-methyl/N-ethyl adjacent to an activating group) is 1. The predicted molar refractivity (Wildman–Crippen MR) is 119 cm³/mol. The number of hydrogen-bond donors (Lipinski definition) is 2. The topological polar surface area (TPSA) is 76.0 Å². The smallest absolute Gasteiger partial charge is 0.272 e. The van der Waals surface area contributed by atoms with Gasteiger partial charge in [-0.1, -0.05) is 34.6 Å². The van der Waals surface area contributed by atoms with E-state index in [2.05, 4.69) is 29.5 Å². The van der Waals surface area contributed by atoms with E-state index in [-0.39, 0.29) is 17.0 Å². The number of carbonyl (C=O) groups is 2. The molecule has 3 rings (SSSR count). The van der Waals surface area contributed by atoms with E-state index in [0.29, 0.717) is 24.4 Å². The van der Waals surface area contributed by atoms with Crippen molar-refractivity contribution in [2.45, 2.75) is 66.5 Å². The Morgan fingerprint density at radius 2 is 1.84 bits per heavy atom. The Kier molecular flexibility index (Phi) is 6.45. The molecule has 0 spiro atoms. The number of carbonyl (C=O) groups excluding carboxylic acids is 2. The van der Waals surface area contributed by atoms with E-state index in [0.717, 1.165) is 30.7 Å². The zero-order valence-electron chi connectivity index (χ0n) is 19.6. The highest BCUT2D eigenvalue weighted by molar-refractivity contribution is 5.97. The molecule has 1 aliphatic heterocycles. The molecular weight excluding hydrogens is 414 g/mol. The monoisotopic (exact) mass is 446 g/mol. The largest absolute Gasteiger partial charge is 0.357 e. The van der Waals surface area contributed by atoms with Crippen molar-refractivity contribution in [3.63, 3.8) is 0 Å². The molecule has 0 fully saturated rings. The summed E-state index contributed by atoms with van der Waals surface area (Å²) in [5, 5.41) is 5.44. The lowest BCUT2D eigenvalue weighted by molar-refractivity contribution is -0.124. The molecule has 0 radical (unpaired) electrons. The van der Waals surface area contributed by atoms with E-state index >= 15 is 0 Å². The van der Waals surface area contributed by atoms with E-state index in [1.807, 2.05) is 25.3 Å². The Hall–Kier alpha value is -2.77. The Bertz CT molecular complexity index is 1040. The van der Waals surface area contributed by atoms with Crippen molar-refractivity contribution in [2.75, 3.05) is 7.05 Å². The summed E-state index contributed by atoms with van der Waals surface area (Å²) in [7, 11) is 1.53.